The topological polar surface area (TPSA) is 26.3 Å². The highest BCUT2D eigenvalue weighted by Crippen LogP contribution is 2.17. The molecule has 0 spiro atoms. The molecule has 0 saturated heterocycles. The molecule has 1 atom stereocenters. The molecule has 15 heavy (non-hydrogen) atoms. The average molecular weight is 204 g/mol. The lowest BCUT2D eigenvalue weighted by molar-refractivity contribution is -0.136. The molecule has 1 rings (SSSR count). The summed E-state index contributed by atoms with van der Waals surface area (Å²) in [4.78, 5) is 11.2. The van der Waals surface area contributed by atoms with Gasteiger partial charge in [-0.05, 0) is 18.4 Å². The number of methoxy groups -OCH3 is 1. The Labute approximate surface area is 90.6 Å². The summed E-state index contributed by atoms with van der Waals surface area (Å²) < 4.78 is 4.64. The van der Waals surface area contributed by atoms with Crippen molar-refractivity contribution in [3.05, 3.63) is 47.5 Å². The Morgan fingerprint density at radius 1 is 1.33 bits per heavy atom. The highest BCUT2D eigenvalue weighted by atomic mass is 16.5. The molecule has 2 heteroatoms. The van der Waals surface area contributed by atoms with Crippen LogP contribution in [0.1, 0.15) is 25.3 Å². The van der Waals surface area contributed by atoms with Crippen LogP contribution in [0.15, 0.2) is 42.0 Å². The van der Waals surface area contributed by atoms with Gasteiger partial charge in [0.25, 0.3) is 0 Å². The van der Waals surface area contributed by atoms with E-state index in [2.05, 4.69) is 11.7 Å². The first-order chi connectivity index (χ1) is 7.15. The van der Waals surface area contributed by atoms with Gasteiger partial charge in [-0.3, -0.25) is 0 Å². The Morgan fingerprint density at radius 2 is 1.93 bits per heavy atom. The highest BCUT2D eigenvalue weighted by molar-refractivity contribution is 5.87. The van der Waals surface area contributed by atoms with Crippen LogP contribution in [0.25, 0.3) is 0 Å². The Bertz CT molecular complexity index is 352. The number of ether oxygens (including phenoxy) is 1. The van der Waals surface area contributed by atoms with E-state index < -0.39 is 0 Å². The molecule has 80 valence electrons. The monoisotopic (exact) mass is 204 g/mol. The van der Waals surface area contributed by atoms with E-state index in [9.17, 15) is 4.79 Å². The summed E-state index contributed by atoms with van der Waals surface area (Å²) in [5, 5.41) is 0. The minimum atomic E-state index is -0.266. The van der Waals surface area contributed by atoms with Gasteiger partial charge in [-0.1, -0.05) is 43.3 Å². The first-order valence-electron chi connectivity index (χ1n) is 4.97. The lowest BCUT2D eigenvalue weighted by atomic mass is 9.99. The van der Waals surface area contributed by atoms with E-state index in [1.807, 2.05) is 36.4 Å². The van der Waals surface area contributed by atoms with Crippen LogP contribution >= 0.6 is 0 Å². The lowest BCUT2D eigenvalue weighted by Gasteiger charge is -2.07. The molecule has 0 fully saturated rings. The second-order valence-electron chi connectivity index (χ2n) is 3.54. The molecule has 1 unspecified atom stereocenters. The van der Waals surface area contributed by atoms with Crippen LogP contribution in [0.2, 0.25) is 0 Å². The molecule has 0 heterocycles. The molecule has 0 amide bonds. The quantitative estimate of drug-likeness (QED) is 0.559. The summed E-state index contributed by atoms with van der Waals surface area (Å²) >= 11 is 0. The fourth-order valence-corrected chi connectivity index (χ4v) is 1.46. The van der Waals surface area contributed by atoms with Crippen LogP contribution in [0.4, 0.5) is 0 Å². The van der Waals surface area contributed by atoms with Crippen LogP contribution in [0, 0.1) is 0 Å². The van der Waals surface area contributed by atoms with Crippen molar-refractivity contribution in [2.75, 3.05) is 7.11 Å². The standard InChI is InChI=1S/C13H16O2/c1-10(9-11(2)13(14)15-3)12-7-5-4-6-8-12/h4-10H,1-3H3. The van der Waals surface area contributed by atoms with Gasteiger partial charge in [0.05, 0.1) is 7.11 Å². The van der Waals surface area contributed by atoms with Crippen LogP contribution in [-0.4, -0.2) is 13.1 Å². The maximum atomic E-state index is 11.2. The Balaban J connectivity index is 2.79. The smallest absolute Gasteiger partial charge is 0.333 e. The molecule has 0 saturated carbocycles. The molecular weight excluding hydrogens is 188 g/mol. The first-order valence-corrected chi connectivity index (χ1v) is 4.97. The summed E-state index contributed by atoms with van der Waals surface area (Å²) in [6, 6.07) is 10.1. The number of rotatable bonds is 3. The van der Waals surface area contributed by atoms with E-state index in [0.717, 1.165) is 0 Å². The summed E-state index contributed by atoms with van der Waals surface area (Å²) in [5.41, 5.74) is 1.84. The van der Waals surface area contributed by atoms with E-state index in [4.69, 9.17) is 0 Å². The van der Waals surface area contributed by atoms with Crippen molar-refractivity contribution in [2.24, 2.45) is 0 Å². The molecule has 0 aliphatic carbocycles. The minimum Gasteiger partial charge on any atom is -0.466 e. The second-order valence-corrected chi connectivity index (χ2v) is 3.54. The Kier molecular flexibility index (Phi) is 4.10. The van der Waals surface area contributed by atoms with Crippen molar-refractivity contribution in [1.29, 1.82) is 0 Å². The summed E-state index contributed by atoms with van der Waals surface area (Å²) in [6.07, 6.45) is 1.92. The van der Waals surface area contributed by atoms with Gasteiger partial charge in [-0.25, -0.2) is 4.79 Å². The molecule has 0 bridgehead atoms. The average Bonchev–Trinajstić information content (AvgIpc) is 2.29. The van der Waals surface area contributed by atoms with Gasteiger partial charge in [-0.2, -0.15) is 0 Å². The van der Waals surface area contributed by atoms with Crippen LogP contribution in [-0.2, 0) is 9.53 Å². The van der Waals surface area contributed by atoms with E-state index >= 15 is 0 Å². The Morgan fingerprint density at radius 3 is 2.47 bits per heavy atom. The number of carbonyl (C=O) groups is 1. The molecule has 0 N–H and O–H groups in total. The third kappa shape index (κ3) is 3.24. The van der Waals surface area contributed by atoms with Gasteiger partial charge in [-0.15, -0.1) is 0 Å². The zero-order chi connectivity index (χ0) is 11.3. The van der Waals surface area contributed by atoms with Gasteiger partial charge >= 0.3 is 5.97 Å². The molecule has 2 nitrogen and oxygen atoms in total. The van der Waals surface area contributed by atoms with Crippen molar-refractivity contribution in [2.45, 2.75) is 19.8 Å². The zero-order valence-electron chi connectivity index (χ0n) is 9.36. The van der Waals surface area contributed by atoms with Gasteiger partial charge in [0.15, 0.2) is 0 Å². The number of esters is 1. The number of benzene rings is 1. The van der Waals surface area contributed by atoms with Crippen molar-refractivity contribution in [3.8, 4) is 0 Å². The maximum absolute atomic E-state index is 11.2. The number of allylic oxidation sites excluding steroid dienone is 1. The van der Waals surface area contributed by atoms with Crippen LogP contribution in [0.3, 0.4) is 0 Å². The molecule has 0 aliphatic heterocycles. The zero-order valence-corrected chi connectivity index (χ0v) is 9.36. The predicted molar refractivity (Wildman–Crippen MR) is 60.6 cm³/mol. The van der Waals surface area contributed by atoms with E-state index in [0.29, 0.717) is 5.57 Å². The molecule has 1 aromatic rings. The van der Waals surface area contributed by atoms with Gasteiger partial charge in [0.1, 0.15) is 0 Å². The van der Waals surface area contributed by atoms with Crippen LogP contribution < -0.4 is 0 Å². The predicted octanol–water partition coefficient (Wildman–Crippen LogP) is 2.91. The van der Waals surface area contributed by atoms with Gasteiger partial charge in [0, 0.05) is 5.57 Å². The number of hydrogen-bond acceptors (Lipinski definition) is 2. The second kappa shape index (κ2) is 5.35. The summed E-state index contributed by atoms with van der Waals surface area (Å²) in [7, 11) is 1.40. The maximum Gasteiger partial charge on any atom is 0.333 e. The fraction of sp³-hybridized carbons (Fsp3) is 0.308. The number of carbonyl (C=O) groups excluding carboxylic acids is 1. The van der Waals surface area contributed by atoms with Crippen LogP contribution in [0.5, 0.6) is 0 Å². The van der Waals surface area contributed by atoms with E-state index in [1.165, 1.54) is 12.7 Å². The van der Waals surface area contributed by atoms with Gasteiger partial charge in [0.2, 0.25) is 0 Å². The molecular formula is C13H16O2. The molecule has 0 radical (unpaired) electrons. The van der Waals surface area contributed by atoms with E-state index in [1.54, 1.807) is 6.92 Å². The third-order valence-corrected chi connectivity index (χ3v) is 2.33. The Hall–Kier alpha value is -1.57. The fourth-order valence-electron chi connectivity index (χ4n) is 1.46. The number of hydrogen-bond donors (Lipinski definition) is 0. The largest absolute Gasteiger partial charge is 0.466 e. The van der Waals surface area contributed by atoms with Gasteiger partial charge < -0.3 is 4.74 Å². The molecule has 0 aliphatic rings. The van der Waals surface area contributed by atoms with Crippen molar-refractivity contribution in [1.82, 2.24) is 0 Å². The van der Waals surface area contributed by atoms with Crippen molar-refractivity contribution in [3.63, 3.8) is 0 Å². The lowest BCUT2D eigenvalue weighted by Crippen LogP contribution is -2.03. The third-order valence-electron chi connectivity index (χ3n) is 2.33. The summed E-state index contributed by atoms with van der Waals surface area (Å²) in [6.45, 7) is 3.83. The molecule has 1 aromatic carbocycles. The normalized spacial score (nSPS) is 13.4. The molecule has 0 aromatic heterocycles. The van der Waals surface area contributed by atoms with Crippen molar-refractivity contribution < 1.29 is 9.53 Å². The first kappa shape index (κ1) is 11.5. The SMILES string of the molecule is COC(=O)C(C)=CC(C)c1ccccc1. The highest BCUT2D eigenvalue weighted by Gasteiger charge is 2.07. The summed E-state index contributed by atoms with van der Waals surface area (Å²) in [5.74, 6) is -0.0388. The van der Waals surface area contributed by atoms with E-state index in [-0.39, 0.29) is 11.9 Å². The minimum absolute atomic E-state index is 0.227. The van der Waals surface area contributed by atoms with Crippen molar-refractivity contribution >= 4 is 5.97 Å².